The molecule has 0 saturated carbocycles. The van der Waals surface area contributed by atoms with Gasteiger partial charge in [0.05, 0.1) is 22.6 Å². The molecule has 0 saturated heterocycles. The molecule has 140 valence electrons. The first-order chi connectivity index (χ1) is 13.4. The Kier molecular flexibility index (Phi) is 3.88. The van der Waals surface area contributed by atoms with Gasteiger partial charge in [0.2, 0.25) is 0 Å². The normalized spacial score (nSPS) is 11.1. The number of nitrogens with zero attached hydrogens (tertiary/aromatic N) is 4. The Hall–Kier alpha value is -4.08. The maximum absolute atomic E-state index is 12.6. The third kappa shape index (κ3) is 2.67. The van der Waals surface area contributed by atoms with Crippen molar-refractivity contribution in [2.24, 2.45) is 14.1 Å². The predicted octanol–water partition coefficient (Wildman–Crippen LogP) is 0.121. The number of anilines is 1. The van der Waals surface area contributed by atoms with Crippen LogP contribution in [-0.4, -0.2) is 30.0 Å². The van der Waals surface area contributed by atoms with E-state index in [0.29, 0.717) is 16.6 Å². The molecular weight excluding hydrogens is 364 g/mol. The van der Waals surface area contributed by atoms with E-state index in [0.717, 1.165) is 4.57 Å². The van der Waals surface area contributed by atoms with Gasteiger partial charge in [-0.05, 0) is 30.3 Å². The molecule has 0 aliphatic rings. The number of aromatic amines is 1. The van der Waals surface area contributed by atoms with E-state index in [1.54, 1.807) is 12.1 Å². The van der Waals surface area contributed by atoms with E-state index >= 15 is 0 Å². The van der Waals surface area contributed by atoms with E-state index in [2.05, 4.69) is 20.3 Å². The molecule has 2 N–H and O–H groups in total. The zero-order valence-corrected chi connectivity index (χ0v) is 14.9. The van der Waals surface area contributed by atoms with Crippen molar-refractivity contribution in [1.82, 2.24) is 24.1 Å². The summed E-state index contributed by atoms with van der Waals surface area (Å²) in [6.07, 6.45) is 1.30. The summed E-state index contributed by atoms with van der Waals surface area (Å²) in [5.41, 5.74) is -0.332. The van der Waals surface area contributed by atoms with Crippen LogP contribution in [0.2, 0.25) is 0 Å². The Morgan fingerprint density at radius 3 is 2.61 bits per heavy atom. The van der Waals surface area contributed by atoms with Crippen LogP contribution >= 0.6 is 0 Å². The lowest BCUT2D eigenvalue weighted by Gasteiger charge is -2.09. The van der Waals surface area contributed by atoms with Crippen molar-refractivity contribution in [1.29, 1.82) is 0 Å². The van der Waals surface area contributed by atoms with E-state index in [1.165, 1.54) is 43.2 Å². The second kappa shape index (κ2) is 6.27. The highest BCUT2D eigenvalue weighted by molar-refractivity contribution is 6.04. The van der Waals surface area contributed by atoms with Crippen molar-refractivity contribution in [3.63, 3.8) is 0 Å². The second-order valence-electron chi connectivity index (χ2n) is 6.19. The molecule has 3 heterocycles. The van der Waals surface area contributed by atoms with Gasteiger partial charge < -0.3 is 10.3 Å². The number of aryl methyl sites for hydroxylation is 1. The lowest BCUT2D eigenvalue weighted by atomic mass is 10.2. The summed E-state index contributed by atoms with van der Waals surface area (Å²) in [6.45, 7) is 0. The number of benzene rings is 1. The second-order valence-corrected chi connectivity index (χ2v) is 6.19. The molecular formula is C18H14N6O4. The van der Waals surface area contributed by atoms with Gasteiger partial charge in [-0.15, -0.1) is 0 Å². The molecule has 0 unspecified atom stereocenters. The molecule has 0 atom stereocenters. The molecule has 0 aliphatic heterocycles. The fourth-order valence-corrected chi connectivity index (χ4v) is 2.92. The minimum Gasteiger partial charge on any atom is -0.321 e. The van der Waals surface area contributed by atoms with E-state index in [9.17, 15) is 19.2 Å². The minimum absolute atomic E-state index is 0.0240. The summed E-state index contributed by atoms with van der Waals surface area (Å²) >= 11 is 0. The van der Waals surface area contributed by atoms with Crippen LogP contribution < -0.4 is 22.1 Å². The summed E-state index contributed by atoms with van der Waals surface area (Å²) in [5.74, 6) is -0.547. The summed E-state index contributed by atoms with van der Waals surface area (Å²) in [7, 11) is 2.85. The van der Waals surface area contributed by atoms with Crippen molar-refractivity contribution in [3.05, 3.63) is 73.5 Å². The van der Waals surface area contributed by atoms with Gasteiger partial charge in [0.1, 0.15) is 11.3 Å². The standard InChI is InChI=1S/C18H14N6O4/c1-23-14-10(17(27)24(2)18(23)28)4-6-13(22-14)16(26)21-9-3-5-12-11(7-9)15(25)20-8-19-12/h3-8H,1-2H3,(H,21,26)(H,19,20,25). The number of aromatic nitrogens is 5. The van der Waals surface area contributed by atoms with Gasteiger partial charge in [0.15, 0.2) is 0 Å². The number of hydrogen-bond acceptors (Lipinski definition) is 6. The number of hydrogen-bond donors (Lipinski definition) is 2. The average Bonchev–Trinajstić information content (AvgIpc) is 2.70. The molecule has 10 heteroatoms. The van der Waals surface area contributed by atoms with Crippen LogP contribution in [0.5, 0.6) is 0 Å². The molecule has 4 aromatic rings. The molecule has 0 radical (unpaired) electrons. The van der Waals surface area contributed by atoms with E-state index in [1.807, 2.05) is 0 Å². The van der Waals surface area contributed by atoms with Gasteiger partial charge >= 0.3 is 5.69 Å². The van der Waals surface area contributed by atoms with E-state index in [4.69, 9.17) is 0 Å². The van der Waals surface area contributed by atoms with E-state index in [-0.39, 0.29) is 22.3 Å². The maximum Gasteiger partial charge on any atom is 0.332 e. The largest absolute Gasteiger partial charge is 0.332 e. The quantitative estimate of drug-likeness (QED) is 0.509. The first kappa shape index (κ1) is 17.3. The van der Waals surface area contributed by atoms with Gasteiger partial charge in [-0.3, -0.25) is 23.5 Å². The van der Waals surface area contributed by atoms with Crippen molar-refractivity contribution in [3.8, 4) is 0 Å². The molecule has 10 nitrogen and oxygen atoms in total. The maximum atomic E-state index is 12.6. The molecule has 0 fully saturated rings. The van der Waals surface area contributed by atoms with Crippen LogP contribution in [-0.2, 0) is 14.1 Å². The third-order valence-corrected chi connectivity index (χ3v) is 4.43. The molecule has 28 heavy (non-hydrogen) atoms. The molecule has 1 aromatic carbocycles. The smallest absolute Gasteiger partial charge is 0.321 e. The van der Waals surface area contributed by atoms with E-state index < -0.39 is 17.2 Å². The first-order valence-electron chi connectivity index (χ1n) is 8.22. The predicted molar refractivity (Wildman–Crippen MR) is 103 cm³/mol. The van der Waals surface area contributed by atoms with Crippen molar-refractivity contribution in [2.45, 2.75) is 0 Å². The highest BCUT2D eigenvalue weighted by atomic mass is 16.2. The van der Waals surface area contributed by atoms with Crippen LogP contribution in [0.15, 0.2) is 51.0 Å². The number of amides is 1. The summed E-state index contributed by atoms with van der Waals surface area (Å²) < 4.78 is 2.18. The molecule has 0 bridgehead atoms. The van der Waals surface area contributed by atoms with Crippen LogP contribution in [0.3, 0.4) is 0 Å². The lowest BCUT2D eigenvalue weighted by Crippen LogP contribution is -2.37. The highest BCUT2D eigenvalue weighted by Gasteiger charge is 2.14. The number of pyridine rings is 1. The topological polar surface area (TPSA) is 132 Å². The van der Waals surface area contributed by atoms with Gasteiger partial charge in [-0.1, -0.05) is 0 Å². The molecule has 1 amide bonds. The number of fused-ring (bicyclic) bond motifs is 2. The summed E-state index contributed by atoms with van der Waals surface area (Å²) in [4.78, 5) is 59.4. The summed E-state index contributed by atoms with van der Waals surface area (Å²) in [6, 6.07) is 7.58. The van der Waals surface area contributed by atoms with Gasteiger partial charge in [0.25, 0.3) is 17.0 Å². The van der Waals surface area contributed by atoms with Gasteiger partial charge in [0, 0.05) is 19.8 Å². The van der Waals surface area contributed by atoms with Crippen LogP contribution in [0.25, 0.3) is 21.9 Å². The van der Waals surface area contributed by atoms with Crippen LogP contribution in [0, 0.1) is 0 Å². The lowest BCUT2D eigenvalue weighted by molar-refractivity contribution is 0.102. The Labute approximate surface area is 156 Å². The van der Waals surface area contributed by atoms with Crippen molar-refractivity contribution >= 4 is 33.5 Å². The molecule has 3 aromatic heterocycles. The summed E-state index contributed by atoms with van der Waals surface area (Å²) in [5, 5.41) is 3.21. The number of carbonyl (C=O) groups is 1. The van der Waals surface area contributed by atoms with Gasteiger partial charge in [-0.2, -0.15) is 0 Å². The van der Waals surface area contributed by atoms with Crippen molar-refractivity contribution < 1.29 is 4.79 Å². The zero-order valence-electron chi connectivity index (χ0n) is 14.9. The zero-order chi connectivity index (χ0) is 20.0. The van der Waals surface area contributed by atoms with Gasteiger partial charge in [-0.25, -0.2) is 14.8 Å². The monoisotopic (exact) mass is 378 g/mol. The number of carbonyl (C=O) groups excluding carboxylic acids is 1. The Morgan fingerprint density at radius 2 is 1.82 bits per heavy atom. The molecule has 0 aliphatic carbocycles. The number of rotatable bonds is 2. The fourth-order valence-electron chi connectivity index (χ4n) is 2.92. The van der Waals surface area contributed by atoms with Crippen LogP contribution in [0.1, 0.15) is 10.5 Å². The third-order valence-electron chi connectivity index (χ3n) is 4.43. The molecule has 0 spiro atoms. The fraction of sp³-hybridized carbons (Fsp3) is 0.111. The highest BCUT2D eigenvalue weighted by Crippen LogP contribution is 2.15. The SMILES string of the molecule is Cn1c(=O)c2ccc(C(=O)Nc3ccc4nc[nH]c(=O)c4c3)nc2n(C)c1=O. The minimum atomic E-state index is -0.547. The number of H-pyrrole nitrogens is 1. The molecule has 4 rings (SSSR count). The van der Waals surface area contributed by atoms with Crippen molar-refractivity contribution in [2.75, 3.05) is 5.32 Å². The first-order valence-corrected chi connectivity index (χ1v) is 8.22. The van der Waals surface area contributed by atoms with Crippen LogP contribution in [0.4, 0.5) is 5.69 Å². The number of nitrogens with one attached hydrogen (secondary N) is 2. The average molecular weight is 378 g/mol. The Bertz CT molecular complexity index is 1450. The Morgan fingerprint density at radius 1 is 1.04 bits per heavy atom. The Balaban J connectivity index is 1.75.